The average molecular weight is 398 g/mol. The Balaban J connectivity index is 1.49. The van der Waals surface area contributed by atoms with E-state index in [4.69, 9.17) is 4.74 Å². The zero-order valence-electron chi connectivity index (χ0n) is 16.7. The van der Waals surface area contributed by atoms with E-state index in [0.29, 0.717) is 12.4 Å². The summed E-state index contributed by atoms with van der Waals surface area (Å²) in [7, 11) is 1.65. The van der Waals surface area contributed by atoms with E-state index >= 15 is 0 Å². The van der Waals surface area contributed by atoms with Crippen molar-refractivity contribution in [3.63, 3.8) is 0 Å². The first-order valence-electron chi connectivity index (χ1n) is 10.0. The number of benzene rings is 2. The van der Waals surface area contributed by atoms with Gasteiger partial charge in [-0.2, -0.15) is 10.1 Å². The lowest BCUT2D eigenvalue weighted by Crippen LogP contribution is -2.32. The molecule has 0 radical (unpaired) electrons. The third-order valence-electron chi connectivity index (χ3n) is 5.76. The van der Waals surface area contributed by atoms with E-state index in [1.54, 1.807) is 11.8 Å². The molecule has 0 saturated carbocycles. The normalized spacial score (nSPS) is 20.6. The van der Waals surface area contributed by atoms with Gasteiger partial charge >= 0.3 is 0 Å². The minimum Gasteiger partial charge on any atom is -0.497 e. The summed E-state index contributed by atoms with van der Waals surface area (Å²) < 4.78 is 7.04. The summed E-state index contributed by atoms with van der Waals surface area (Å²) >= 11 is 0. The Hall–Kier alpha value is -3.67. The number of rotatable bonds is 4. The van der Waals surface area contributed by atoms with Gasteiger partial charge in [-0.1, -0.05) is 54.6 Å². The standard InChI is InChI=1S/C24H22N4O2/c1-30-19-10-8-17(9-11-19)18-13-20-23(22(29)14-18)21(28-24(27-20)25-15-26-28)12-7-16-5-3-2-4-6-16/h2-12,15,18,21H,13-14H2,1H3,(H,25,26,27). The number of carbonyl (C=O) groups is 1. The zero-order chi connectivity index (χ0) is 20.5. The molecule has 1 N–H and O–H groups in total. The van der Waals surface area contributed by atoms with Gasteiger partial charge in [0.05, 0.1) is 7.11 Å². The molecule has 3 aromatic rings. The molecular formula is C24H22N4O2. The van der Waals surface area contributed by atoms with Crippen LogP contribution in [0.1, 0.15) is 35.9 Å². The van der Waals surface area contributed by atoms with Crippen LogP contribution in [0.3, 0.4) is 0 Å². The fourth-order valence-electron chi connectivity index (χ4n) is 4.25. The Kier molecular flexibility index (Phi) is 4.67. The highest BCUT2D eigenvalue weighted by molar-refractivity contribution is 6.00. The second-order valence-electron chi connectivity index (χ2n) is 7.56. The lowest BCUT2D eigenvalue weighted by atomic mass is 9.79. The molecule has 6 heteroatoms. The van der Waals surface area contributed by atoms with E-state index in [1.165, 1.54) is 6.33 Å². The summed E-state index contributed by atoms with van der Waals surface area (Å²) in [4.78, 5) is 17.6. The fraction of sp³-hybridized carbons (Fsp3) is 0.208. The van der Waals surface area contributed by atoms with E-state index in [-0.39, 0.29) is 17.7 Å². The van der Waals surface area contributed by atoms with Crippen LogP contribution in [-0.2, 0) is 4.79 Å². The first-order chi connectivity index (χ1) is 14.7. The van der Waals surface area contributed by atoms with Crippen LogP contribution in [0, 0.1) is 0 Å². The first kappa shape index (κ1) is 18.4. The molecule has 2 aromatic carbocycles. The summed E-state index contributed by atoms with van der Waals surface area (Å²) in [6, 6.07) is 17.8. The molecule has 0 amide bonds. The number of nitrogens with zero attached hydrogens (tertiary/aromatic N) is 3. The number of ether oxygens (including phenoxy) is 1. The van der Waals surface area contributed by atoms with Gasteiger partial charge in [0.2, 0.25) is 5.95 Å². The summed E-state index contributed by atoms with van der Waals surface area (Å²) in [5.41, 5.74) is 3.94. The number of nitrogens with one attached hydrogen (secondary N) is 1. The van der Waals surface area contributed by atoms with Gasteiger partial charge in [0.25, 0.3) is 0 Å². The summed E-state index contributed by atoms with van der Waals surface area (Å²) in [6.07, 6.45) is 6.84. The molecule has 2 aliphatic rings. The Morgan fingerprint density at radius 3 is 2.67 bits per heavy atom. The number of allylic oxidation sites excluding steroid dienone is 3. The number of hydrogen-bond donors (Lipinski definition) is 1. The zero-order valence-corrected chi connectivity index (χ0v) is 16.7. The second-order valence-corrected chi connectivity index (χ2v) is 7.56. The molecule has 2 unspecified atom stereocenters. The minimum atomic E-state index is -0.261. The number of anilines is 1. The van der Waals surface area contributed by atoms with Crippen molar-refractivity contribution in [2.24, 2.45) is 0 Å². The number of methoxy groups -OCH3 is 1. The van der Waals surface area contributed by atoms with Crippen molar-refractivity contribution in [2.45, 2.75) is 24.8 Å². The van der Waals surface area contributed by atoms with Gasteiger partial charge in [0.15, 0.2) is 5.78 Å². The molecule has 1 aliphatic heterocycles. The number of fused-ring (bicyclic) bond motifs is 1. The van der Waals surface area contributed by atoms with Crippen LogP contribution in [0.2, 0.25) is 0 Å². The van der Waals surface area contributed by atoms with Crippen molar-refractivity contribution >= 4 is 17.8 Å². The van der Waals surface area contributed by atoms with Gasteiger partial charge in [0.1, 0.15) is 18.1 Å². The van der Waals surface area contributed by atoms with Crippen molar-refractivity contribution in [1.82, 2.24) is 14.8 Å². The molecule has 0 fully saturated rings. The highest BCUT2D eigenvalue weighted by atomic mass is 16.5. The Morgan fingerprint density at radius 2 is 1.90 bits per heavy atom. The molecule has 2 heterocycles. The summed E-state index contributed by atoms with van der Waals surface area (Å²) in [6.45, 7) is 0. The summed E-state index contributed by atoms with van der Waals surface area (Å²) in [5.74, 6) is 1.76. The van der Waals surface area contributed by atoms with Gasteiger partial charge in [-0.25, -0.2) is 4.68 Å². The Morgan fingerprint density at radius 1 is 1.10 bits per heavy atom. The molecule has 6 nitrogen and oxygen atoms in total. The largest absolute Gasteiger partial charge is 0.497 e. The monoisotopic (exact) mass is 398 g/mol. The molecule has 30 heavy (non-hydrogen) atoms. The number of carbonyl (C=O) groups excluding carboxylic acids is 1. The maximum absolute atomic E-state index is 13.3. The van der Waals surface area contributed by atoms with Crippen molar-refractivity contribution in [1.29, 1.82) is 0 Å². The smallest absolute Gasteiger partial charge is 0.226 e. The number of aromatic nitrogens is 3. The first-order valence-corrected chi connectivity index (χ1v) is 10.0. The van der Waals surface area contributed by atoms with Crippen LogP contribution in [-0.4, -0.2) is 27.7 Å². The molecule has 0 saturated heterocycles. The lowest BCUT2D eigenvalue weighted by molar-refractivity contribution is -0.116. The van der Waals surface area contributed by atoms with Gasteiger partial charge < -0.3 is 10.1 Å². The molecule has 2 atom stereocenters. The second kappa shape index (κ2) is 7.63. The molecular weight excluding hydrogens is 376 g/mol. The predicted octanol–water partition coefficient (Wildman–Crippen LogP) is 4.37. The van der Waals surface area contributed by atoms with E-state index in [9.17, 15) is 4.79 Å². The number of hydrogen-bond acceptors (Lipinski definition) is 5. The van der Waals surface area contributed by atoms with Crippen molar-refractivity contribution in [2.75, 3.05) is 12.4 Å². The average Bonchev–Trinajstić information content (AvgIpc) is 3.26. The van der Waals surface area contributed by atoms with E-state index in [2.05, 4.69) is 15.4 Å². The highest BCUT2D eigenvalue weighted by Gasteiger charge is 2.37. The SMILES string of the molecule is COc1ccc(C2CC(=O)C3=C(C2)Nc2ncnn2C3C=Cc2ccccc2)cc1. The van der Waals surface area contributed by atoms with Crippen LogP contribution < -0.4 is 10.1 Å². The van der Waals surface area contributed by atoms with E-state index < -0.39 is 0 Å². The van der Waals surface area contributed by atoms with E-state index in [0.717, 1.165) is 34.6 Å². The molecule has 0 spiro atoms. The fourth-order valence-corrected chi connectivity index (χ4v) is 4.25. The van der Waals surface area contributed by atoms with E-state index in [1.807, 2.05) is 66.7 Å². The molecule has 0 bridgehead atoms. The Bertz CT molecular complexity index is 1130. The van der Waals surface area contributed by atoms with Crippen LogP contribution in [0.25, 0.3) is 6.08 Å². The topological polar surface area (TPSA) is 69.0 Å². The Labute approximate surface area is 174 Å². The molecule has 1 aromatic heterocycles. The minimum absolute atomic E-state index is 0.128. The predicted molar refractivity (Wildman–Crippen MR) is 115 cm³/mol. The maximum atomic E-state index is 13.3. The quantitative estimate of drug-likeness (QED) is 0.707. The van der Waals surface area contributed by atoms with Crippen molar-refractivity contribution in [3.8, 4) is 5.75 Å². The van der Waals surface area contributed by atoms with Gasteiger partial charge in [-0.3, -0.25) is 4.79 Å². The van der Waals surface area contributed by atoms with Crippen LogP contribution in [0.4, 0.5) is 5.95 Å². The number of ketones is 1. The van der Waals surface area contributed by atoms with Crippen LogP contribution in [0.5, 0.6) is 5.75 Å². The van der Waals surface area contributed by atoms with Crippen LogP contribution >= 0.6 is 0 Å². The summed E-state index contributed by atoms with van der Waals surface area (Å²) in [5, 5.41) is 7.71. The van der Waals surface area contributed by atoms with Crippen LogP contribution in [0.15, 0.2) is 78.3 Å². The van der Waals surface area contributed by atoms with Gasteiger partial charge in [-0.15, -0.1) is 0 Å². The maximum Gasteiger partial charge on any atom is 0.226 e. The third-order valence-corrected chi connectivity index (χ3v) is 5.76. The van der Waals surface area contributed by atoms with Gasteiger partial charge in [-0.05, 0) is 35.6 Å². The lowest BCUT2D eigenvalue weighted by Gasteiger charge is -2.34. The third kappa shape index (κ3) is 3.30. The number of Topliss-reactive ketones (excluding diaryl/α,β-unsaturated/α-hetero) is 1. The molecule has 5 rings (SSSR count). The van der Waals surface area contributed by atoms with Crippen molar-refractivity contribution < 1.29 is 9.53 Å². The van der Waals surface area contributed by atoms with Gasteiger partial charge in [0, 0.05) is 17.7 Å². The molecule has 150 valence electrons. The van der Waals surface area contributed by atoms with Crippen molar-refractivity contribution in [3.05, 3.63) is 89.4 Å². The highest BCUT2D eigenvalue weighted by Crippen LogP contribution is 2.42. The molecule has 1 aliphatic carbocycles.